The number of nitrogens with zero attached hydrogens (tertiary/aromatic N) is 16. The quantitative estimate of drug-likeness (QED) is 0.0778. The maximum Gasteiger partial charge on any atom is 0.573 e. The number of aromatic nitrogens is 5. The molecule has 5 aromatic carbocycles. The first-order valence-corrected chi connectivity index (χ1v) is 42.6. The maximum absolute atomic E-state index is 13.5. The van der Waals surface area contributed by atoms with Crippen molar-refractivity contribution in [3.05, 3.63) is 266 Å². The van der Waals surface area contributed by atoms with Gasteiger partial charge in [0.1, 0.15) is 57.8 Å². The van der Waals surface area contributed by atoms with Gasteiger partial charge in [-0.25, -0.2) is 51.3 Å². The first kappa shape index (κ1) is 94.4. The highest BCUT2D eigenvalue weighted by Crippen LogP contribution is 2.42. The number of benzene rings is 5. The number of hydrogen-bond acceptors (Lipinski definition) is 22. The fourth-order valence-electron chi connectivity index (χ4n) is 16.9. The lowest BCUT2D eigenvalue weighted by molar-refractivity contribution is -0.275. The minimum atomic E-state index is -4.78. The van der Waals surface area contributed by atoms with Gasteiger partial charge in [0.25, 0.3) is 17.8 Å². The van der Waals surface area contributed by atoms with Crippen molar-refractivity contribution in [2.75, 3.05) is 110 Å². The van der Waals surface area contributed by atoms with Crippen molar-refractivity contribution >= 4 is 57.6 Å². The Bertz CT molecular complexity index is 6250. The molecule has 43 heteroatoms. The second kappa shape index (κ2) is 37.7. The number of piperidine rings is 1. The van der Waals surface area contributed by atoms with E-state index < -0.39 is 69.2 Å². The van der Waals surface area contributed by atoms with E-state index in [2.05, 4.69) is 88.3 Å². The Balaban J connectivity index is 0.000000118. The van der Waals surface area contributed by atoms with Crippen LogP contribution in [0, 0.1) is 0 Å². The highest BCUT2D eigenvalue weighted by molar-refractivity contribution is 6.18. The second-order valence-electron chi connectivity index (χ2n) is 33.3. The van der Waals surface area contributed by atoms with Crippen LogP contribution in [0.25, 0.3) is 0 Å². The van der Waals surface area contributed by atoms with Crippen molar-refractivity contribution in [1.29, 1.82) is 0 Å². The molecule has 21 rings (SSSR count). The Morgan fingerprint density at radius 1 is 0.287 bits per heavy atom. The largest absolute Gasteiger partial charge is 0.573 e. The molecule has 0 atom stereocenters. The topological polar surface area (TPSA) is 201 Å². The Kier molecular flexibility index (Phi) is 26.2. The van der Waals surface area contributed by atoms with E-state index in [9.17, 15) is 92.2 Å². The van der Waals surface area contributed by atoms with E-state index >= 15 is 0 Å². The van der Waals surface area contributed by atoms with Gasteiger partial charge in [0.05, 0.1) is 87.0 Å². The predicted molar refractivity (Wildman–Crippen MR) is 459 cm³/mol. The third-order valence-electron chi connectivity index (χ3n) is 23.7. The zero-order valence-electron chi connectivity index (χ0n) is 71.6. The summed E-state index contributed by atoms with van der Waals surface area (Å²) in [5.41, 5.74) is 13.5. The van der Waals surface area contributed by atoms with Gasteiger partial charge in [-0.05, 0) is 162 Å². The van der Waals surface area contributed by atoms with Gasteiger partial charge in [-0.3, -0.25) is 29.9 Å². The van der Waals surface area contributed by atoms with Crippen LogP contribution in [0.1, 0.15) is 116 Å². The molecule has 0 amide bonds. The monoisotopic (exact) mass is 1910 g/mol. The van der Waals surface area contributed by atoms with Crippen molar-refractivity contribution in [2.45, 2.75) is 127 Å². The molecule has 0 N–H and O–H groups in total. The van der Waals surface area contributed by atoms with E-state index in [4.69, 9.17) is 4.74 Å². The van der Waals surface area contributed by atoms with Gasteiger partial charge in [-0.15, -0.1) is 65.9 Å². The van der Waals surface area contributed by atoms with Crippen LogP contribution in [0.15, 0.2) is 208 Å². The number of ether oxygens (including phenoxy) is 6. The van der Waals surface area contributed by atoms with E-state index in [0.29, 0.717) is 123 Å². The lowest BCUT2D eigenvalue weighted by Crippen LogP contribution is -2.56. The van der Waals surface area contributed by atoms with Crippen LogP contribution >= 0.6 is 0 Å². The molecule has 1 aliphatic carbocycles. The van der Waals surface area contributed by atoms with Crippen LogP contribution in [0.2, 0.25) is 0 Å². The van der Waals surface area contributed by atoms with Crippen LogP contribution in [0.3, 0.4) is 0 Å². The third-order valence-corrected chi connectivity index (χ3v) is 23.7. The lowest BCUT2D eigenvalue weighted by atomic mass is 10.00. The summed E-state index contributed by atoms with van der Waals surface area (Å²) in [4.78, 5) is 55.2. The maximum atomic E-state index is 13.5. The molecule has 22 nitrogen and oxygen atoms in total. The summed E-state index contributed by atoms with van der Waals surface area (Å²) in [7, 11) is 1.68. The van der Waals surface area contributed by atoms with Crippen molar-refractivity contribution in [1.82, 2.24) is 29.8 Å². The van der Waals surface area contributed by atoms with Crippen LogP contribution in [0.4, 0.5) is 121 Å². The number of anilines is 5. The van der Waals surface area contributed by atoms with Crippen LogP contribution in [-0.4, -0.2) is 206 Å². The number of alkyl halides is 21. The standard InChI is InChI=1S/C21H21F3N4O.C19H16F5N3O.C18H14F5N3O.C18H16F3N3O2.C17H12F5N3O/c22-21(23,24)29-17-4-1-15-13-26-20(18(15)12-17)14-5-6-25-19(11-14)28-9-7-27(8-10-28)16-2-3-16;20-18(21)4-7-27(8-5-18)16-9-12(3-6-25-16)17-15-10-14(28-19(22,23)24)2-1-13(15)11-26-17;19-17(20)4-6-26(10-17)15-7-11(3-5-24-15)16-14-8-13(27-18(21,22)23)2-1-12(14)9-25-16;1-25-14-9-24(10-14)16-6-11(4-5-22-16)17-15-7-13(26-18(19,20)21)3-2-12(15)8-23-17;18-16(19)8-25(9-16)14-5-10(3-4-23-14)15-13-6-12(26-17(20,21)22)2-1-11(13)7-24-15/h1,4-6,11-12,16H,2-3,7-10,13H2;1-3,6,9-10H,4-5,7-8,11H2;1-3,5,7-8H,4,6,9-10H2;2-7,14H,8-10H2,1H3;1-6H,7-9H2. The van der Waals surface area contributed by atoms with E-state index in [1.807, 2.05) is 24.3 Å². The number of rotatable bonds is 17. The fraction of sp³-hybridized carbons (Fsp3) is 0.355. The normalized spacial score (nSPS) is 18.4. The number of aliphatic imine (C=N–C) groups is 5. The molecule has 6 fully saturated rings. The number of hydrogen-bond donors (Lipinski definition) is 0. The fourth-order valence-corrected chi connectivity index (χ4v) is 16.9. The van der Waals surface area contributed by atoms with Gasteiger partial charge >= 0.3 is 31.8 Å². The molecule has 0 radical (unpaired) electrons. The molecule has 10 aliphatic heterocycles. The summed E-state index contributed by atoms with van der Waals surface area (Å²) in [5, 5.41) is 0. The smallest absolute Gasteiger partial charge is 0.406 e. The molecule has 11 aliphatic rings. The molecule has 0 bridgehead atoms. The number of fused-ring (bicyclic) bond motifs is 5. The molecule has 136 heavy (non-hydrogen) atoms. The van der Waals surface area contributed by atoms with Gasteiger partial charge in [-0.1, -0.05) is 30.3 Å². The zero-order valence-corrected chi connectivity index (χ0v) is 71.6. The molecular weight excluding hydrogens is 1840 g/mol. The molecular formula is C93H79F21N16O6. The molecule has 1 saturated carbocycles. The Morgan fingerprint density at radius 2 is 0.544 bits per heavy atom. The van der Waals surface area contributed by atoms with Gasteiger partial charge in [0.2, 0.25) is 0 Å². The van der Waals surface area contributed by atoms with Crippen LogP contribution < -0.4 is 48.2 Å². The highest BCUT2D eigenvalue weighted by atomic mass is 19.4. The summed E-state index contributed by atoms with van der Waals surface area (Å²) in [6.45, 7) is 6.72. The first-order valence-electron chi connectivity index (χ1n) is 42.6. The molecule has 10 aromatic rings. The number of piperazine rings is 1. The zero-order chi connectivity index (χ0) is 96.0. The lowest BCUT2D eigenvalue weighted by Gasteiger charge is -2.39. The van der Waals surface area contributed by atoms with Gasteiger partial charge in [0.15, 0.2) is 0 Å². The molecule has 0 spiro atoms. The third kappa shape index (κ3) is 23.4. The summed E-state index contributed by atoms with van der Waals surface area (Å²) >= 11 is 0. The number of pyridine rings is 5. The molecule has 5 aromatic heterocycles. The van der Waals surface area contributed by atoms with Crippen molar-refractivity contribution in [2.24, 2.45) is 25.0 Å². The first-order chi connectivity index (χ1) is 64.5. The minimum Gasteiger partial charge on any atom is -0.406 e. The molecule has 5 saturated heterocycles. The van der Waals surface area contributed by atoms with Gasteiger partial charge < -0.3 is 52.9 Å². The highest BCUT2D eigenvalue weighted by Gasteiger charge is 2.46. The SMILES string of the molecule is COC1CN(c2cc(C3=NCc4ccc(OC(F)(F)F)cc43)ccn2)C1.FC(F)(F)Oc1ccc2c(c1)C(c1ccnc(N3CCN(C4CC4)CC3)c1)=NC2.FC1(F)CCN(c2cc(C3=NCc4ccc(OC(F)(F)F)cc43)ccn2)C1.FC1(F)CCN(c2cc(C3=NCc4ccc(OC(F)(F)F)cc43)ccn2)CC1.FC1(F)CN(c2cc(C3=NCc4ccc(OC(F)(F)F)cc43)ccn2)C1. The van der Waals surface area contributed by atoms with Crippen molar-refractivity contribution in [3.8, 4) is 28.7 Å². The average molecular weight is 1920 g/mol. The summed E-state index contributed by atoms with van der Waals surface area (Å²) in [6, 6.07) is 39.3. The predicted octanol–water partition coefficient (Wildman–Crippen LogP) is 19.3. The Hall–Kier alpha value is -13.4. The van der Waals surface area contributed by atoms with Gasteiger partial charge in [-0.2, -0.15) is 0 Å². The Morgan fingerprint density at radius 3 is 0.809 bits per heavy atom. The molecule has 714 valence electrons. The molecule has 0 unspecified atom stereocenters. The Labute approximate surface area is 761 Å². The van der Waals surface area contributed by atoms with E-state index in [1.54, 1.807) is 85.2 Å². The van der Waals surface area contributed by atoms with Crippen molar-refractivity contribution in [3.63, 3.8) is 0 Å². The van der Waals surface area contributed by atoms with Crippen LogP contribution in [-0.2, 0) is 37.5 Å². The van der Waals surface area contributed by atoms with E-state index in [0.717, 1.165) is 95.9 Å². The summed E-state index contributed by atoms with van der Waals surface area (Å²) < 4.78 is 293. The number of methoxy groups -OCH3 is 1. The minimum absolute atomic E-state index is 0.191. The van der Waals surface area contributed by atoms with E-state index in [-0.39, 0.29) is 73.7 Å². The average Bonchev–Trinajstić information content (AvgIpc) is 1.28. The summed E-state index contributed by atoms with van der Waals surface area (Å²) in [5.74, 6) is -6.56. The van der Waals surface area contributed by atoms with Crippen molar-refractivity contribution < 1.29 is 121 Å². The van der Waals surface area contributed by atoms with Crippen LogP contribution in [0.5, 0.6) is 28.7 Å². The summed E-state index contributed by atoms with van der Waals surface area (Å²) in [6.07, 6.45) is -13.7. The number of halogens is 21. The molecule has 15 heterocycles. The van der Waals surface area contributed by atoms with E-state index in [1.165, 1.54) is 108 Å². The second-order valence-corrected chi connectivity index (χ2v) is 33.3. The van der Waals surface area contributed by atoms with Gasteiger partial charge in [0, 0.05) is 178 Å².